The van der Waals surface area contributed by atoms with Gasteiger partial charge in [0.25, 0.3) is 0 Å². The maximum absolute atomic E-state index is 10.4. The summed E-state index contributed by atoms with van der Waals surface area (Å²) in [5, 5.41) is 4.01. The van der Waals surface area contributed by atoms with Gasteiger partial charge < -0.3 is 5.73 Å². The SMILES string of the molecule is Cc1c(/C=C\C(N)=O)cnn1C. The second kappa shape index (κ2) is 3.21. The molecule has 1 aromatic heterocycles. The van der Waals surface area contributed by atoms with Gasteiger partial charge >= 0.3 is 0 Å². The zero-order valence-corrected chi connectivity index (χ0v) is 7.11. The summed E-state index contributed by atoms with van der Waals surface area (Å²) in [6, 6.07) is 0. The number of nitrogens with two attached hydrogens (primary N) is 1. The van der Waals surface area contributed by atoms with Crippen LogP contribution in [0.2, 0.25) is 0 Å². The van der Waals surface area contributed by atoms with Crippen LogP contribution in [0.4, 0.5) is 0 Å². The van der Waals surface area contributed by atoms with Crippen LogP contribution in [0.15, 0.2) is 12.3 Å². The van der Waals surface area contributed by atoms with Crippen molar-refractivity contribution in [1.82, 2.24) is 9.78 Å². The van der Waals surface area contributed by atoms with Gasteiger partial charge in [-0.3, -0.25) is 9.48 Å². The van der Waals surface area contributed by atoms with E-state index in [0.717, 1.165) is 11.3 Å². The van der Waals surface area contributed by atoms with Crippen LogP contribution < -0.4 is 5.73 Å². The fraction of sp³-hybridized carbons (Fsp3) is 0.250. The lowest BCUT2D eigenvalue weighted by Gasteiger charge is -1.92. The smallest absolute Gasteiger partial charge is 0.241 e. The van der Waals surface area contributed by atoms with E-state index in [1.807, 2.05) is 14.0 Å². The predicted molar refractivity (Wildman–Crippen MR) is 46.2 cm³/mol. The van der Waals surface area contributed by atoms with Crippen molar-refractivity contribution >= 4 is 12.0 Å². The lowest BCUT2D eigenvalue weighted by Crippen LogP contribution is -2.05. The summed E-state index contributed by atoms with van der Waals surface area (Å²) in [5.41, 5.74) is 6.86. The van der Waals surface area contributed by atoms with E-state index in [4.69, 9.17) is 5.73 Å². The number of aromatic nitrogens is 2. The molecule has 4 nitrogen and oxygen atoms in total. The maximum atomic E-state index is 10.4. The molecule has 0 aromatic carbocycles. The van der Waals surface area contributed by atoms with Crippen molar-refractivity contribution < 1.29 is 4.79 Å². The molecule has 0 atom stereocenters. The van der Waals surface area contributed by atoms with Crippen LogP contribution in [0.5, 0.6) is 0 Å². The first kappa shape index (κ1) is 8.52. The summed E-state index contributed by atoms with van der Waals surface area (Å²) in [5.74, 6) is -0.446. The Balaban J connectivity index is 2.90. The Bertz CT molecular complexity index is 325. The van der Waals surface area contributed by atoms with Crippen LogP contribution >= 0.6 is 0 Å². The fourth-order valence-electron chi connectivity index (χ4n) is 0.851. The minimum atomic E-state index is -0.446. The predicted octanol–water partition coefficient (Wildman–Crippen LogP) is 0.227. The number of nitrogens with zero attached hydrogens (tertiary/aromatic N) is 2. The van der Waals surface area contributed by atoms with Crippen molar-refractivity contribution in [1.29, 1.82) is 0 Å². The van der Waals surface area contributed by atoms with Gasteiger partial charge in [-0.1, -0.05) is 0 Å². The summed E-state index contributed by atoms with van der Waals surface area (Å²) in [7, 11) is 1.84. The van der Waals surface area contributed by atoms with E-state index in [2.05, 4.69) is 5.10 Å². The molecule has 0 aliphatic rings. The first-order chi connectivity index (χ1) is 5.61. The molecule has 64 valence electrons. The Morgan fingerprint density at radius 3 is 2.83 bits per heavy atom. The van der Waals surface area contributed by atoms with E-state index < -0.39 is 5.91 Å². The number of amides is 1. The van der Waals surface area contributed by atoms with E-state index in [1.165, 1.54) is 6.08 Å². The highest BCUT2D eigenvalue weighted by Gasteiger charge is 1.98. The number of carbonyl (C=O) groups is 1. The highest BCUT2D eigenvalue weighted by Crippen LogP contribution is 2.06. The Labute approximate surface area is 70.7 Å². The van der Waals surface area contributed by atoms with Crippen molar-refractivity contribution in [2.24, 2.45) is 12.8 Å². The van der Waals surface area contributed by atoms with Crippen LogP contribution in [0.3, 0.4) is 0 Å². The lowest BCUT2D eigenvalue weighted by atomic mass is 10.2. The Morgan fingerprint density at radius 2 is 2.42 bits per heavy atom. The number of primary amides is 1. The lowest BCUT2D eigenvalue weighted by molar-refractivity contribution is -0.113. The van der Waals surface area contributed by atoms with Crippen molar-refractivity contribution in [3.8, 4) is 0 Å². The first-order valence-electron chi connectivity index (χ1n) is 3.57. The van der Waals surface area contributed by atoms with Crippen molar-refractivity contribution in [2.75, 3.05) is 0 Å². The normalized spacial score (nSPS) is 10.8. The first-order valence-corrected chi connectivity index (χ1v) is 3.57. The number of carbonyl (C=O) groups excluding carboxylic acids is 1. The molecule has 1 amide bonds. The van der Waals surface area contributed by atoms with Crippen LogP contribution in [0.1, 0.15) is 11.3 Å². The largest absolute Gasteiger partial charge is 0.366 e. The molecule has 0 saturated carbocycles. The van der Waals surface area contributed by atoms with Crippen molar-refractivity contribution in [3.05, 3.63) is 23.5 Å². The third-order valence-electron chi connectivity index (χ3n) is 1.70. The third kappa shape index (κ3) is 1.72. The molecule has 0 radical (unpaired) electrons. The summed E-state index contributed by atoms with van der Waals surface area (Å²) in [6.07, 6.45) is 4.67. The standard InChI is InChI=1S/C8H11N3O/c1-6-7(3-4-8(9)12)5-10-11(6)2/h3-5H,1-2H3,(H2,9,12)/b4-3-. The average Bonchev–Trinajstić information content (AvgIpc) is 2.30. The Kier molecular flexibility index (Phi) is 2.28. The summed E-state index contributed by atoms with van der Waals surface area (Å²) in [6.45, 7) is 1.92. The van der Waals surface area contributed by atoms with Gasteiger partial charge in [0.1, 0.15) is 0 Å². The number of hydrogen-bond acceptors (Lipinski definition) is 2. The number of aryl methyl sites for hydroxylation is 1. The molecule has 2 N–H and O–H groups in total. The van der Waals surface area contributed by atoms with Gasteiger partial charge in [0.2, 0.25) is 5.91 Å². The highest BCUT2D eigenvalue weighted by atomic mass is 16.1. The maximum Gasteiger partial charge on any atom is 0.241 e. The fourth-order valence-corrected chi connectivity index (χ4v) is 0.851. The van der Waals surface area contributed by atoms with Gasteiger partial charge in [-0.25, -0.2) is 0 Å². The molecule has 1 rings (SSSR count). The molecular weight excluding hydrogens is 154 g/mol. The average molecular weight is 165 g/mol. The van der Waals surface area contributed by atoms with Crippen LogP contribution in [0, 0.1) is 6.92 Å². The monoisotopic (exact) mass is 165 g/mol. The van der Waals surface area contributed by atoms with Gasteiger partial charge in [0, 0.05) is 24.4 Å². The van der Waals surface area contributed by atoms with Crippen LogP contribution in [0.25, 0.3) is 6.08 Å². The quantitative estimate of drug-likeness (QED) is 0.637. The van der Waals surface area contributed by atoms with E-state index >= 15 is 0 Å². The Morgan fingerprint density at radius 1 is 1.75 bits per heavy atom. The molecule has 4 heteroatoms. The van der Waals surface area contributed by atoms with Gasteiger partial charge in [-0.2, -0.15) is 5.10 Å². The molecule has 0 aliphatic heterocycles. The molecule has 0 bridgehead atoms. The zero-order chi connectivity index (χ0) is 9.14. The van der Waals surface area contributed by atoms with Gasteiger partial charge in [0.15, 0.2) is 0 Å². The third-order valence-corrected chi connectivity index (χ3v) is 1.70. The topological polar surface area (TPSA) is 60.9 Å². The minimum absolute atomic E-state index is 0.446. The second-order valence-electron chi connectivity index (χ2n) is 2.54. The second-order valence-corrected chi connectivity index (χ2v) is 2.54. The van der Waals surface area contributed by atoms with E-state index in [9.17, 15) is 4.79 Å². The Hall–Kier alpha value is -1.58. The van der Waals surface area contributed by atoms with Gasteiger partial charge in [-0.15, -0.1) is 0 Å². The molecule has 12 heavy (non-hydrogen) atoms. The number of hydrogen-bond donors (Lipinski definition) is 1. The summed E-state index contributed by atoms with van der Waals surface area (Å²) < 4.78 is 1.74. The molecule has 0 spiro atoms. The van der Waals surface area contributed by atoms with Gasteiger partial charge in [0.05, 0.1) is 6.20 Å². The highest BCUT2D eigenvalue weighted by molar-refractivity contribution is 5.90. The molecule has 0 fully saturated rings. The van der Waals surface area contributed by atoms with E-state index in [0.29, 0.717) is 0 Å². The van der Waals surface area contributed by atoms with Crippen LogP contribution in [-0.2, 0) is 11.8 Å². The van der Waals surface area contributed by atoms with E-state index in [1.54, 1.807) is 17.0 Å². The van der Waals surface area contributed by atoms with Gasteiger partial charge in [-0.05, 0) is 13.0 Å². The summed E-state index contributed by atoms with van der Waals surface area (Å²) >= 11 is 0. The summed E-state index contributed by atoms with van der Waals surface area (Å²) in [4.78, 5) is 10.4. The van der Waals surface area contributed by atoms with Crippen molar-refractivity contribution in [3.63, 3.8) is 0 Å². The van der Waals surface area contributed by atoms with Crippen molar-refractivity contribution in [2.45, 2.75) is 6.92 Å². The molecular formula is C8H11N3O. The molecule has 0 saturated heterocycles. The minimum Gasteiger partial charge on any atom is -0.366 e. The zero-order valence-electron chi connectivity index (χ0n) is 7.11. The molecule has 0 unspecified atom stereocenters. The molecule has 0 aliphatic carbocycles. The molecule has 1 aromatic rings. The van der Waals surface area contributed by atoms with E-state index in [-0.39, 0.29) is 0 Å². The number of rotatable bonds is 2. The molecule has 1 heterocycles. The van der Waals surface area contributed by atoms with Crippen LogP contribution in [-0.4, -0.2) is 15.7 Å².